The van der Waals surface area contributed by atoms with Gasteiger partial charge in [0.1, 0.15) is 0 Å². The Morgan fingerprint density at radius 2 is 1.74 bits per heavy atom. The first kappa shape index (κ1) is 18.6. The highest BCUT2D eigenvalue weighted by Crippen LogP contribution is 2.36. The Bertz CT molecular complexity index is 887. The average molecular weight is 368 g/mol. The SMILES string of the molecule is Cc1ccc([N+](=O)[O-])cc1C(=O)N1CCC(C(=O)O)(c2ccccc2)CC1. The van der Waals surface area contributed by atoms with Crippen LogP contribution in [0.3, 0.4) is 0 Å². The number of amides is 1. The van der Waals surface area contributed by atoms with Crippen molar-refractivity contribution in [1.29, 1.82) is 0 Å². The zero-order valence-corrected chi connectivity index (χ0v) is 14.9. The van der Waals surface area contributed by atoms with Crippen molar-refractivity contribution in [2.24, 2.45) is 0 Å². The topological polar surface area (TPSA) is 101 Å². The predicted molar refractivity (Wildman–Crippen MR) is 98.7 cm³/mol. The molecule has 0 radical (unpaired) electrons. The Labute approximate surface area is 156 Å². The van der Waals surface area contributed by atoms with E-state index in [-0.39, 0.29) is 30.2 Å². The molecular formula is C20H20N2O5. The summed E-state index contributed by atoms with van der Waals surface area (Å²) < 4.78 is 0. The van der Waals surface area contributed by atoms with Crippen molar-refractivity contribution in [1.82, 2.24) is 4.90 Å². The number of carboxylic acids is 1. The van der Waals surface area contributed by atoms with Crippen molar-refractivity contribution >= 4 is 17.6 Å². The van der Waals surface area contributed by atoms with Crippen LogP contribution < -0.4 is 0 Å². The van der Waals surface area contributed by atoms with E-state index in [0.29, 0.717) is 18.4 Å². The first-order chi connectivity index (χ1) is 12.8. The van der Waals surface area contributed by atoms with Crippen LogP contribution in [-0.2, 0) is 10.2 Å². The van der Waals surface area contributed by atoms with E-state index in [1.165, 1.54) is 12.1 Å². The molecule has 0 spiro atoms. The number of piperidine rings is 1. The number of nitrogens with zero attached hydrogens (tertiary/aromatic N) is 2. The Morgan fingerprint density at radius 3 is 2.30 bits per heavy atom. The van der Waals surface area contributed by atoms with Gasteiger partial charge >= 0.3 is 5.97 Å². The number of carboxylic acid groups (broad SMARTS) is 1. The molecule has 0 saturated carbocycles. The minimum absolute atomic E-state index is 0.134. The fourth-order valence-electron chi connectivity index (χ4n) is 3.60. The van der Waals surface area contributed by atoms with Crippen LogP contribution >= 0.6 is 0 Å². The molecule has 1 fully saturated rings. The van der Waals surface area contributed by atoms with Gasteiger partial charge in [0.05, 0.1) is 10.3 Å². The second-order valence-electron chi connectivity index (χ2n) is 6.80. The highest BCUT2D eigenvalue weighted by atomic mass is 16.6. The molecule has 1 saturated heterocycles. The van der Waals surface area contributed by atoms with Crippen LogP contribution in [0.5, 0.6) is 0 Å². The van der Waals surface area contributed by atoms with Gasteiger partial charge in [-0.05, 0) is 30.9 Å². The molecule has 140 valence electrons. The zero-order valence-electron chi connectivity index (χ0n) is 14.9. The molecule has 1 heterocycles. The summed E-state index contributed by atoms with van der Waals surface area (Å²) in [6.45, 7) is 2.29. The molecular weight excluding hydrogens is 348 g/mol. The summed E-state index contributed by atoms with van der Waals surface area (Å²) in [5.74, 6) is -1.20. The van der Waals surface area contributed by atoms with E-state index >= 15 is 0 Å². The van der Waals surface area contributed by atoms with Gasteiger partial charge in [-0.25, -0.2) is 0 Å². The molecule has 7 nitrogen and oxygen atoms in total. The number of nitro benzene ring substituents is 1. The second kappa shape index (κ2) is 7.19. The maximum absolute atomic E-state index is 12.9. The summed E-state index contributed by atoms with van der Waals surface area (Å²) in [6, 6.07) is 13.3. The van der Waals surface area contributed by atoms with E-state index in [1.54, 1.807) is 30.0 Å². The number of carbonyl (C=O) groups excluding carboxylic acids is 1. The van der Waals surface area contributed by atoms with Crippen LogP contribution in [0.25, 0.3) is 0 Å². The van der Waals surface area contributed by atoms with Gasteiger partial charge in [-0.1, -0.05) is 36.4 Å². The van der Waals surface area contributed by atoms with Crippen molar-refractivity contribution in [3.05, 3.63) is 75.3 Å². The monoisotopic (exact) mass is 368 g/mol. The predicted octanol–water partition coefficient (Wildman–Crippen LogP) is 3.16. The van der Waals surface area contributed by atoms with Crippen molar-refractivity contribution < 1.29 is 19.6 Å². The third kappa shape index (κ3) is 3.40. The third-order valence-corrected chi connectivity index (χ3v) is 5.30. The minimum Gasteiger partial charge on any atom is -0.481 e. The van der Waals surface area contributed by atoms with Gasteiger partial charge in [-0.15, -0.1) is 0 Å². The lowest BCUT2D eigenvalue weighted by molar-refractivity contribution is -0.384. The standard InChI is InChI=1S/C20H20N2O5/c1-14-7-8-16(22(26)27)13-17(14)18(23)21-11-9-20(10-12-21,19(24)25)15-5-3-2-4-6-15/h2-8,13H,9-12H2,1H3,(H,24,25). The number of aryl methyl sites for hydroxylation is 1. The van der Waals surface area contributed by atoms with E-state index in [2.05, 4.69) is 0 Å². The Balaban J connectivity index is 1.83. The lowest BCUT2D eigenvalue weighted by atomic mass is 9.72. The summed E-state index contributed by atoms with van der Waals surface area (Å²) >= 11 is 0. The van der Waals surface area contributed by atoms with Crippen molar-refractivity contribution in [2.45, 2.75) is 25.2 Å². The van der Waals surface area contributed by atoms with Crippen molar-refractivity contribution in [3.8, 4) is 0 Å². The normalized spacial score (nSPS) is 16.0. The molecule has 27 heavy (non-hydrogen) atoms. The van der Waals surface area contributed by atoms with Gasteiger partial charge < -0.3 is 10.0 Å². The molecule has 1 aliphatic rings. The van der Waals surface area contributed by atoms with Gasteiger partial charge in [0.15, 0.2) is 0 Å². The highest BCUT2D eigenvalue weighted by Gasteiger charge is 2.44. The lowest BCUT2D eigenvalue weighted by Gasteiger charge is -2.39. The number of rotatable bonds is 4. The van der Waals surface area contributed by atoms with E-state index in [1.807, 2.05) is 18.2 Å². The smallest absolute Gasteiger partial charge is 0.314 e. The lowest BCUT2D eigenvalue weighted by Crippen LogP contribution is -2.49. The summed E-state index contributed by atoms with van der Waals surface area (Å²) in [7, 11) is 0. The van der Waals surface area contributed by atoms with Crippen LogP contribution in [0.1, 0.15) is 34.3 Å². The van der Waals surface area contributed by atoms with E-state index in [0.717, 1.165) is 5.56 Å². The molecule has 2 aromatic carbocycles. The number of aliphatic carboxylic acids is 1. The van der Waals surface area contributed by atoms with Crippen LogP contribution in [-0.4, -0.2) is 39.9 Å². The van der Waals surface area contributed by atoms with Gasteiger partial charge in [0.2, 0.25) is 0 Å². The minimum atomic E-state index is -1.02. The molecule has 3 rings (SSSR count). The molecule has 1 N–H and O–H groups in total. The number of hydrogen-bond donors (Lipinski definition) is 1. The van der Waals surface area contributed by atoms with Crippen molar-refractivity contribution in [2.75, 3.05) is 13.1 Å². The molecule has 0 aliphatic carbocycles. The Morgan fingerprint density at radius 1 is 1.11 bits per heavy atom. The zero-order chi connectivity index (χ0) is 19.6. The van der Waals surface area contributed by atoms with Crippen LogP contribution in [0, 0.1) is 17.0 Å². The fourth-order valence-corrected chi connectivity index (χ4v) is 3.60. The maximum atomic E-state index is 12.9. The summed E-state index contributed by atoms with van der Waals surface area (Å²) in [6.07, 6.45) is 0.595. The average Bonchev–Trinajstić information content (AvgIpc) is 2.68. The summed E-state index contributed by atoms with van der Waals surface area (Å²) in [4.78, 5) is 36.9. The molecule has 0 unspecified atom stereocenters. The summed E-state index contributed by atoms with van der Waals surface area (Å²) in [5, 5.41) is 20.8. The van der Waals surface area contributed by atoms with E-state index < -0.39 is 16.3 Å². The van der Waals surface area contributed by atoms with Gasteiger partial charge in [0, 0.05) is 30.8 Å². The Hall–Kier alpha value is -3.22. The largest absolute Gasteiger partial charge is 0.481 e. The van der Waals surface area contributed by atoms with Gasteiger partial charge in [-0.3, -0.25) is 19.7 Å². The van der Waals surface area contributed by atoms with Crippen LogP contribution in [0.15, 0.2) is 48.5 Å². The summed E-state index contributed by atoms with van der Waals surface area (Å²) in [5.41, 5.74) is 0.521. The van der Waals surface area contributed by atoms with Gasteiger partial charge in [0.25, 0.3) is 11.6 Å². The second-order valence-corrected chi connectivity index (χ2v) is 6.80. The Kier molecular flexibility index (Phi) is 4.94. The number of carbonyl (C=O) groups is 2. The van der Waals surface area contributed by atoms with Crippen LogP contribution in [0.4, 0.5) is 5.69 Å². The molecule has 0 bridgehead atoms. The van der Waals surface area contributed by atoms with Gasteiger partial charge in [-0.2, -0.15) is 0 Å². The number of likely N-dealkylation sites (tertiary alicyclic amines) is 1. The molecule has 1 amide bonds. The first-order valence-corrected chi connectivity index (χ1v) is 8.68. The molecule has 1 aliphatic heterocycles. The number of benzene rings is 2. The fraction of sp³-hybridized carbons (Fsp3) is 0.300. The molecule has 2 aromatic rings. The van der Waals surface area contributed by atoms with Crippen LogP contribution in [0.2, 0.25) is 0 Å². The highest BCUT2D eigenvalue weighted by molar-refractivity contribution is 5.96. The maximum Gasteiger partial charge on any atom is 0.314 e. The molecule has 7 heteroatoms. The van der Waals surface area contributed by atoms with Crippen molar-refractivity contribution in [3.63, 3.8) is 0 Å². The van der Waals surface area contributed by atoms with E-state index in [9.17, 15) is 24.8 Å². The number of non-ortho nitro benzene ring substituents is 1. The van der Waals surface area contributed by atoms with E-state index in [4.69, 9.17) is 0 Å². The quantitative estimate of drug-likeness (QED) is 0.660. The third-order valence-electron chi connectivity index (χ3n) is 5.30. The number of hydrogen-bond acceptors (Lipinski definition) is 4. The molecule has 0 aromatic heterocycles. The molecule has 0 atom stereocenters. The first-order valence-electron chi connectivity index (χ1n) is 8.68. The number of nitro groups is 1.